The Morgan fingerprint density at radius 1 is 1.53 bits per heavy atom. The SMILES string of the molecule is CCOCCCNC(=O)c1ccc(O)cc1Cl. The number of benzene rings is 1. The number of carbonyl (C=O) groups is 1. The van der Waals surface area contributed by atoms with E-state index in [1.165, 1.54) is 18.2 Å². The van der Waals surface area contributed by atoms with E-state index in [0.29, 0.717) is 25.3 Å². The Kier molecular flexibility index (Phi) is 5.80. The number of hydrogen-bond donors (Lipinski definition) is 2. The van der Waals surface area contributed by atoms with Crippen molar-refractivity contribution < 1.29 is 14.6 Å². The molecule has 1 aromatic carbocycles. The van der Waals surface area contributed by atoms with Crippen LogP contribution in [0.5, 0.6) is 5.75 Å². The maximum Gasteiger partial charge on any atom is 0.252 e. The largest absolute Gasteiger partial charge is 0.508 e. The van der Waals surface area contributed by atoms with Crippen LogP contribution in [0.25, 0.3) is 0 Å². The average molecular weight is 258 g/mol. The van der Waals surface area contributed by atoms with Crippen LogP contribution >= 0.6 is 11.6 Å². The minimum atomic E-state index is -0.244. The lowest BCUT2D eigenvalue weighted by atomic mass is 10.2. The molecule has 0 spiro atoms. The third kappa shape index (κ3) is 4.63. The molecule has 0 fully saturated rings. The van der Waals surface area contributed by atoms with Crippen molar-refractivity contribution in [3.63, 3.8) is 0 Å². The molecular weight excluding hydrogens is 242 g/mol. The molecule has 0 bridgehead atoms. The standard InChI is InChI=1S/C12H16ClNO3/c1-2-17-7-3-6-14-12(16)10-5-4-9(15)8-11(10)13/h4-5,8,15H,2-3,6-7H2,1H3,(H,14,16). The molecule has 94 valence electrons. The van der Waals surface area contributed by atoms with Gasteiger partial charge in [-0.1, -0.05) is 11.6 Å². The zero-order valence-electron chi connectivity index (χ0n) is 9.70. The smallest absolute Gasteiger partial charge is 0.252 e. The number of ether oxygens (including phenoxy) is 1. The summed E-state index contributed by atoms with van der Waals surface area (Å²) < 4.78 is 5.15. The van der Waals surface area contributed by atoms with Gasteiger partial charge in [0.1, 0.15) is 5.75 Å². The van der Waals surface area contributed by atoms with Crippen molar-refractivity contribution in [3.05, 3.63) is 28.8 Å². The molecule has 2 N–H and O–H groups in total. The summed E-state index contributed by atoms with van der Waals surface area (Å²) in [6, 6.07) is 4.27. The second-order valence-electron chi connectivity index (χ2n) is 3.47. The molecule has 0 aliphatic carbocycles. The highest BCUT2D eigenvalue weighted by atomic mass is 35.5. The van der Waals surface area contributed by atoms with Gasteiger partial charge in [0.25, 0.3) is 5.91 Å². The minimum absolute atomic E-state index is 0.0443. The summed E-state index contributed by atoms with van der Waals surface area (Å²) in [5.74, 6) is -0.200. The lowest BCUT2D eigenvalue weighted by Crippen LogP contribution is -2.25. The van der Waals surface area contributed by atoms with Gasteiger partial charge in [0.15, 0.2) is 0 Å². The summed E-state index contributed by atoms with van der Waals surface area (Å²) in [6.07, 6.45) is 0.759. The van der Waals surface area contributed by atoms with Gasteiger partial charge in [-0.2, -0.15) is 0 Å². The highest BCUT2D eigenvalue weighted by Crippen LogP contribution is 2.21. The molecule has 0 atom stereocenters. The summed E-state index contributed by atoms with van der Waals surface area (Å²) in [6.45, 7) is 3.77. The Labute approximate surface area is 106 Å². The molecule has 0 saturated heterocycles. The maximum atomic E-state index is 11.7. The number of rotatable bonds is 6. The monoisotopic (exact) mass is 257 g/mol. The van der Waals surface area contributed by atoms with Crippen LogP contribution in [-0.2, 0) is 4.74 Å². The first-order valence-corrected chi connectivity index (χ1v) is 5.87. The van der Waals surface area contributed by atoms with Crippen molar-refractivity contribution in [1.29, 1.82) is 0 Å². The van der Waals surface area contributed by atoms with Crippen molar-refractivity contribution in [2.75, 3.05) is 19.8 Å². The van der Waals surface area contributed by atoms with E-state index >= 15 is 0 Å². The predicted octanol–water partition coefficient (Wildman–Crippen LogP) is 2.20. The molecule has 0 aliphatic heterocycles. The van der Waals surface area contributed by atoms with E-state index in [9.17, 15) is 4.79 Å². The topological polar surface area (TPSA) is 58.6 Å². The number of halogens is 1. The van der Waals surface area contributed by atoms with Gasteiger partial charge in [0, 0.05) is 19.8 Å². The fourth-order valence-corrected chi connectivity index (χ4v) is 1.56. The van der Waals surface area contributed by atoms with E-state index in [-0.39, 0.29) is 16.7 Å². The van der Waals surface area contributed by atoms with Crippen LogP contribution in [0.3, 0.4) is 0 Å². The molecule has 0 aromatic heterocycles. The van der Waals surface area contributed by atoms with Crippen LogP contribution in [0.4, 0.5) is 0 Å². The molecule has 5 heteroatoms. The van der Waals surface area contributed by atoms with Gasteiger partial charge < -0.3 is 15.2 Å². The molecule has 1 aromatic rings. The molecule has 17 heavy (non-hydrogen) atoms. The Bertz CT molecular complexity index is 382. The first-order valence-electron chi connectivity index (χ1n) is 5.49. The molecule has 4 nitrogen and oxygen atoms in total. The first-order chi connectivity index (χ1) is 8.15. The zero-order valence-corrected chi connectivity index (χ0v) is 10.5. The fourth-order valence-electron chi connectivity index (χ4n) is 1.30. The highest BCUT2D eigenvalue weighted by molar-refractivity contribution is 6.34. The zero-order chi connectivity index (χ0) is 12.7. The van der Waals surface area contributed by atoms with E-state index in [1.54, 1.807) is 0 Å². The second-order valence-corrected chi connectivity index (χ2v) is 3.88. The highest BCUT2D eigenvalue weighted by Gasteiger charge is 2.09. The second kappa shape index (κ2) is 7.14. The fraction of sp³-hybridized carbons (Fsp3) is 0.417. The van der Waals surface area contributed by atoms with Gasteiger partial charge >= 0.3 is 0 Å². The number of phenols is 1. The van der Waals surface area contributed by atoms with Crippen LogP contribution in [0.15, 0.2) is 18.2 Å². The summed E-state index contributed by atoms with van der Waals surface area (Å²) in [5.41, 5.74) is 0.362. The number of nitrogens with one attached hydrogen (secondary N) is 1. The summed E-state index contributed by atoms with van der Waals surface area (Å²) in [7, 11) is 0. The molecule has 1 amide bonds. The van der Waals surface area contributed by atoms with Gasteiger partial charge in [0.2, 0.25) is 0 Å². The average Bonchev–Trinajstić information content (AvgIpc) is 2.28. The Morgan fingerprint density at radius 2 is 2.29 bits per heavy atom. The van der Waals surface area contributed by atoms with Crippen molar-refractivity contribution in [2.45, 2.75) is 13.3 Å². The number of hydrogen-bond acceptors (Lipinski definition) is 3. The quantitative estimate of drug-likeness (QED) is 0.768. The van der Waals surface area contributed by atoms with Crippen molar-refractivity contribution in [1.82, 2.24) is 5.32 Å². The number of aromatic hydroxyl groups is 1. The predicted molar refractivity (Wildman–Crippen MR) is 66.6 cm³/mol. The van der Waals surface area contributed by atoms with Gasteiger partial charge in [-0.05, 0) is 31.5 Å². The molecule has 0 radical (unpaired) electrons. The Hall–Kier alpha value is -1.26. The van der Waals surface area contributed by atoms with Crippen molar-refractivity contribution >= 4 is 17.5 Å². The van der Waals surface area contributed by atoms with Crippen molar-refractivity contribution in [2.24, 2.45) is 0 Å². The third-order valence-electron chi connectivity index (χ3n) is 2.15. The summed E-state index contributed by atoms with van der Waals surface area (Å²) in [5, 5.41) is 12.1. The minimum Gasteiger partial charge on any atom is -0.508 e. The Balaban J connectivity index is 2.42. The van der Waals surface area contributed by atoms with Crippen molar-refractivity contribution in [3.8, 4) is 5.75 Å². The van der Waals surface area contributed by atoms with E-state index in [1.807, 2.05) is 6.92 Å². The first kappa shape index (κ1) is 13.8. The summed E-state index contributed by atoms with van der Waals surface area (Å²) in [4.78, 5) is 11.7. The molecule has 0 heterocycles. The van der Waals surface area contributed by atoms with Gasteiger partial charge in [-0.3, -0.25) is 4.79 Å². The van der Waals surface area contributed by atoms with Crippen LogP contribution in [-0.4, -0.2) is 30.8 Å². The normalized spacial score (nSPS) is 10.2. The lowest BCUT2D eigenvalue weighted by molar-refractivity contribution is 0.0944. The molecule has 1 rings (SSSR count). The molecular formula is C12H16ClNO3. The lowest BCUT2D eigenvalue weighted by Gasteiger charge is -2.07. The summed E-state index contributed by atoms with van der Waals surface area (Å²) >= 11 is 5.84. The molecule has 0 saturated carbocycles. The van der Waals surface area contributed by atoms with Crippen LogP contribution in [0.1, 0.15) is 23.7 Å². The number of phenolic OH excluding ortho intramolecular Hbond substituents is 1. The van der Waals surface area contributed by atoms with Gasteiger partial charge in [0.05, 0.1) is 10.6 Å². The van der Waals surface area contributed by atoms with Crippen LogP contribution in [0.2, 0.25) is 5.02 Å². The number of carbonyl (C=O) groups excluding carboxylic acids is 1. The van der Waals surface area contributed by atoms with Gasteiger partial charge in [-0.15, -0.1) is 0 Å². The van der Waals surface area contributed by atoms with E-state index in [4.69, 9.17) is 21.4 Å². The Morgan fingerprint density at radius 3 is 2.94 bits per heavy atom. The van der Waals surface area contributed by atoms with E-state index < -0.39 is 0 Å². The molecule has 0 unspecified atom stereocenters. The van der Waals surface area contributed by atoms with Crippen LogP contribution < -0.4 is 5.32 Å². The van der Waals surface area contributed by atoms with Crippen LogP contribution in [0, 0.1) is 0 Å². The molecule has 0 aliphatic rings. The number of amides is 1. The van der Waals surface area contributed by atoms with E-state index in [2.05, 4.69) is 5.32 Å². The third-order valence-corrected chi connectivity index (χ3v) is 2.47. The maximum absolute atomic E-state index is 11.7. The van der Waals surface area contributed by atoms with E-state index in [0.717, 1.165) is 6.42 Å². The van der Waals surface area contributed by atoms with Gasteiger partial charge in [-0.25, -0.2) is 0 Å².